The van der Waals surface area contributed by atoms with E-state index in [0.717, 1.165) is 10.5 Å². The van der Waals surface area contributed by atoms with E-state index in [2.05, 4.69) is 5.32 Å². The van der Waals surface area contributed by atoms with Crippen LogP contribution in [-0.4, -0.2) is 40.6 Å². The number of nitrogens with zero attached hydrogens (tertiary/aromatic N) is 1. The second kappa shape index (κ2) is 5.70. The molecule has 1 saturated heterocycles. The number of carbonyl (C=O) groups excluding carboxylic acids is 1. The fourth-order valence-corrected chi connectivity index (χ4v) is 1.97. The molecule has 1 aromatic carbocycles. The number of ether oxygens (including phenoxy) is 1. The molecule has 2 N–H and O–H groups in total. The van der Waals surface area contributed by atoms with Crippen molar-refractivity contribution in [1.29, 1.82) is 0 Å². The maximum Gasteiger partial charge on any atom is 0.323 e. The Hall–Kier alpha value is -2.41. The van der Waals surface area contributed by atoms with Crippen LogP contribution in [-0.2, 0) is 9.59 Å². The molecule has 1 aliphatic rings. The number of hydrogen-bond acceptors (Lipinski definition) is 4. The Balaban J connectivity index is 2.20. The first-order valence-corrected chi connectivity index (χ1v) is 6.12. The van der Waals surface area contributed by atoms with E-state index in [4.69, 9.17) is 22.1 Å². The van der Waals surface area contributed by atoms with Gasteiger partial charge in [0.2, 0.25) is 0 Å². The van der Waals surface area contributed by atoms with Crippen molar-refractivity contribution in [1.82, 2.24) is 10.2 Å². The van der Waals surface area contributed by atoms with Crippen molar-refractivity contribution in [2.75, 3.05) is 13.7 Å². The van der Waals surface area contributed by atoms with Gasteiger partial charge >= 0.3 is 5.97 Å². The highest BCUT2D eigenvalue weighted by atomic mass is 32.1. The van der Waals surface area contributed by atoms with Crippen molar-refractivity contribution in [3.05, 3.63) is 35.5 Å². The number of benzene rings is 1. The Morgan fingerprint density at radius 2 is 2.10 bits per heavy atom. The van der Waals surface area contributed by atoms with Gasteiger partial charge in [0.25, 0.3) is 5.91 Å². The van der Waals surface area contributed by atoms with Crippen LogP contribution in [0.5, 0.6) is 5.75 Å². The maximum atomic E-state index is 12.0. The molecule has 1 aromatic rings. The molecule has 0 saturated carbocycles. The van der Waals surface area contributed by atoms with Crippen LogP contribution >= 0.6 is 12.2 Å². The van der Waals surface area contributed by atoms with Crippen molar-refractivity contribution in [3.8, 4) is 5.75 Å². The summed E-state index contributed by atoms with van der Waals surface area (Å²) >= 11 is 4.94. The van der Waals surface area contributed by atoms with Crippen LogP contribution < -0.4 is 10.1 Å². The van der Waals surface area contributed by atoms with Gasteiger partial charge in [-0.1, -0.05) is 12.1 Å². The fourth-order valence-electron chi connectivity index (χ4n) is 1.72. The Morgan fingerprint density at radius 3 is 2.65 bits per heavy atom. The van der Waals surface area contributed by atoms with E-state index >= 15 is 0 Å². The van der Waals surface area contributed by atoms with Crippen molar-refractivity contribution in [3.63, 3.8) is 0 Å². The lowest BCUT2D eigenvalue weighted by Gasteiger charge is -2.09. The average molecular weight is 292 g/mol. The molecule has 0 aromatic heterocycles. The molecule has 7 heteroatoms. The Kier molecular flexibility index (Phi) is 3.99. The lowest BCUT2D eigenvalue weighted by atomic mass is 10.2. The van der Waals surface area contributed by atoms with Crippen LogP contribution in [0.15, 0.2) is 30.0 Å². The van der Waals surface area contributed by atoms with Crippen LogP contribution in [0, 0.1) is 0 Å². The summed E-state index contributed by atoms with van der Waals surface area (Å²) in [6.45, 7) is -0.454. The number of nitrogens with one attached hydrogen (secondary N) is 1. The molecular formula is C13H12N2O4S. The number of methoxy groups -OCH3 is 1. The van der Waals surface area contributed by atoms with Crippen molar-refractivity contribution >= 4 is 35.3 Å². The fraction of sp³-hybridized carbons (Fsp3) is 0.154. The van der Waals surface area contributed by atoms with Crippen LogP contribution in [0.3, 0.4) is 0 Å². The highest BCUT2D eigenvalue weighted by Crippen LogP contribution is 2.16. The minimum atomic E-state index is -1.12. The molecule has 1 aliphatic heterocycles. The first kappa shape index (κ1) is 14.0. The van der Waals surface area contributed by atoms with E-state index in [1.54, 1.807) is 37.5 Å². The first-order valence-electron chi connectivity index (χ1n) is 5.71. The third-order valence-corrected chi connectivity index (χ3v) is 3.00. The SMILES string of the molecule is COc1ccc(C=C2NC(=S)N(CC(=O)O)C2=O)cc1. The van der Waals surface area contributed by atoms with Gasteiger partial charge < -0.3 is 15.2 Å². The standard InChI is InChI=1S/C13H12N2O4S/c1-19-9-4-2-8(3-5-9)6-10-12(18)15(7-11(16)17)13(20)14-10/h2-6H,7H2,1H3,(H,14,20)(H,16,17). The summed E-state index contributed by atoms with van der Waals surface area (Å²) in [5.74, 6) is -0.859. The molecule has 6 nitrogen and oxygen atoms in total. The molecule has 2 rings (SSSR count). The molecular weight excluding hydrogens is 280 g/mol. The number of carbonyl (C=O) groups is 2. The highest BCUT2D eigenvalue weighted by molar-refractivity contribution is 7.80. The summed E-state index contributed by atoms with van der Waals surface area (Å²) in [4.78, 5) is 23.7. The van der Waals surface area contributed by atoms with Crippen molar-refractivity contribution < 1.29 is 19.4 Å². The van der Waals surface area contributed by atoms with Gasteiger partial charge in [0.1, 0.15) is 18.0 Å². The minimum Gasteiger partial charge on any atom is -0.497 e. The molecule has 0 unspecified atom stereocenters. The molecule has 0 radical (unpaired) electrons. The van der Waals surface area contributed by atoms with E-state index in [1.165, 1.54) is 0 Å². The highest BCUT2D eigenvalue weighted by Gasteiger charge is 2.31. The van der Waals surface area contributed by atoms with Crippen molar-refractivity contribution in [2.45, 2.75) is 0 Å². The van der Waals surface area contributed by atoms with Crippen LogP contribution in [0.1, 0.15) is 5.56 Å². The van der Waals surface area contributed by atoms with Gasteiger partial charge in [0, 0.05) is 0 Å². The maximum absolute atomic E-state index is 12.0. The number of hydrogen-bond donors (Lipinski definition) is 2. The summed E-state index contributed by atoms with van der Waals surface area (Å²) in [6, 6.07) is 7.09. The zero-order chi connectivity index (χ0) is 14.7. The molecule has 0 atom stereocenters. The first-order chi connectivity index (χ1) is 9.51. The topological polar surface area (TPSA) is 78.9 Å². The molecule has 0 aliphatic carbocycles. The Labute approximate surface area is 120 Å². The van der Waals surface area contributed by atoms with E-state index in [9.17, 15) is 9.59 Å². The summed E-state index contributed by atoms with van der Waals surface area (Å²) in [5, 5.41) is 11.5. The lowest BCUT2D eigenvalue weighted by Crippen LogP contribution is -2.35. The summed E-state index contributed by atoms with van der Waals surface area (Å²) in [6.07, 6.45) is 1.61. The zero-order valence-corrected chi connectivity index (χ0v) is 11.4. The number of thiocarbonyl (C=S) groups is 1. The van der Waals surface area contributed by atoms with E-state index in [1.807, 2.05) is 0 Å². The predicted octanol–water partition coefficient (Wildman–Crippen LogP) is 0.837. The predicted molar refractivity (Wildman–Crippen MR) is 76.1 cm³/mol. The third-order valence-electron chi connectivity index (χ3n) is 2.68. The van der Waals surface area contributed by atoms with Crippen LogP contribution in [0.4, 0.5) is 0 Å². The largest absolute Gasteiger partial charge is 0.497 e. The smallest absolute Gasteiger partial charge is 0.323 e. The van der Waals surface area contributed by atoms with Gasteiger partial charge in [-0.25, -0.2) is 0 Å². The van der Waals surface area contributed by atoms with E-state index in [-0.39, 0.29) is 10.8 Å². The molecule has 20 heavy (non-hydrogen) atoms. The third kappa shape index (κ3) is 2.94. The Bertz CT molecular complexity index is 595. The summed E-state index contributed by atoms with van der Waals surface area (Å²) < 4.78 is 5.04. The second-order valence-electron chi connectivity index (χ2n) is 4.05. The van der Waals surface area contributed by atoms with Crippen LogP contribution in [0.2, 0.25) is 0 Å². The van der Waals surface area contributed by atoms with E-state index in [0.29, 0.717) is 5.75 Å². The van der Waals surface area contributed by atoms with Gasteiger partial charge in [-0.3, -0.25) is 14.5 Å². The molecule has 1 heterocycles. The van der Waals surface area contributed by atoms with Gasteiger partial charge in [-0.15, -0.1) is 0 Å². The normalized spacial score (nSPS) is 16.4. The Morgan fingerprint density at radius 1 is 1.45 bits per heavy atom. The number of carboxylic acids is 1. The summed E-state index contributed by atoms with van der Waals surface area (Å²) in [7, 11) is 1.57. The van der Waals surface area contributed by atoms with Crippen molar-refractivity contribution in [2.24, 2.45) is 0 Å². The average Bonchev–Trinajstić information content (AvgIpc) is 2.67. The quantitative estimate of drug-likeness (QED) is 0.632. The molecule has 104 valence electrons. The second-order valence-corrected chi connectivity index (χ2v) is 4.43. The monoisotopic (exact) mass is 292 g/mol. The zero-order valence-electron chi connectivity index (χ0n) is 10.6. The molecule has 0 bridgehead atoms. The molecule has 0 spiro atoms. The lowest BCUT2D eigenvalue weighted by molar-refractivity contribution is -0.140. The molecule has 1 amide bonds. The van der Waals surface area contributed by atoms with Crippen LogP contribution in [0.25, 0.3) is 6.08 Å². The van der Waals surface area contributed by atoms with Gasteiger partial charge in [0.05, 0.1) is 7.11 Å². The number of rotatable bonds is 4. The molecule has 1 fully saturated rings. The number of aliphatic carboxylic acids is 1. The minimum absolute atomic E-state index is 0.0946. The number of carboxylic acid groups (broad SMARTS) is 1. The van der Waals surface area contributed by atoms with Gasteiger partial charge in [-0.2, -0.15) is 0 Å². The van der Waals surface area contributed by atoms with Gasteiger partial charge in [-0.05, 0) is 36.0 Å². The van der Waals surface area contributed by atoms with E-state index < -0.39 is 18.4 Å². The number of amides is 1. The summed E-state index contributed by atoms with van der Waals surface area (Å²) in [5.41, 5.74) is 1.03. The van der Waals surface area contributed by atoms with Gasteiger partial charge in [0.15, 0.2) is 5.11 Å².